The Labute approximate surface area is 180 Å². The maximum Gasteiger partial charge on any atom is 0.417 e. The van der Waals surface area contributed by atoms with E-state index < -0.39 is 46.2 Å². The lowest BCUT2D eigenvalue weighted by Gasteiger charge is -2.26. The summed E-state index contributed by atoms with van der Waals surface area (Å²) in [6.07, 6.45) is -4.94. The van der Waals surface area contributed by atoms with E-state index in [0.717, 1.165) is 23.5 Å². The maximum absolute atomic E-state index is 13.4. The van der Waals surface area contributed by atoms with Gasteiger partial charge in [0.05, 0.1) is 28.9 Å². The van der Waals surface area contributed by atoms with E-state index in [1.165, 1.54) is 0 Å². The highest BCUT2D eigenvalue weighted by Crippen LogP contribution is 2.54. The maximum atomic E-state index is 13.4. The van der Waals surface area contributed by atoms with Crippen molar-refractivity contribution >= 4 is 28.2 Å². The zero-order valence-electron chi connectivity index (χ0n) is 17.5. The van der Waals surface area contributed by atoms with E-state index in [1.807, 2.05) is 0 Å². The smallest absolute Gasteiger partial charge is 0.417 e. The average molecular weight is 459 g/mol. The van der Waals surface area contributed by atoms with Crippen LogP contribution in [0.15, 0.2) is 18.2 Å². The summed E-state index contributed by atoms with van der Waals surface area (Å²) in [6, 6.07) is 1.79. The first-order valence-corrected chi connectivity index (χ1v) is 10.2. The van der Waals surface area contributed by atoms with Crippen LogP contribution >= 0.6 is 11.3 Å². The number of hydrogen-bond donors (Lipinski definition) is 1. The van der Waals surface area contributed by atoms with Gasteiger partial charge in [-0.25, -0.2) is 9.18 Å². The van der Waals surface area contributed by atoms with Crippen LogP contribution in [-0.4, -0.2) is 18.5 Å². The molecule has 1 aromatic heterocycles. The molecule has 0 spiro atoms. The number of nitrogens with one attached hydrogen (secondary N) is 1. The molecule has 31 heavy (non-hydrogen) atoms. The molecule has 168 valence electrons. The second kappa shape index (κ2) is 7.59. The highest BCUT2D eigenvalue weighted by atomic mass is 32.1. The van der Waals surface area contributed by atoms with Crippen molar-refractivity contribution < 1.29 is 36.6 Å². The molecule has 3 rings (SSSR count). The van der Waals surface area contributed by atoms with E-state index in [1.54, 1.807) is 34.6 Å². The summed E-state index contributed by atoms with van der Waals surface area (Å²) in [5, 5.41) is 2.46. The number of ether oxygens (including phenoxy) is 2. The molecule has 0 bridgehead atoms. The molecule has 0 radical (unpaired) electrons. The number of thiophene rings is 1. The third-order valence-electron chi connectivity index (χ3n) is 4.81. The Morgan fingerprint density at radius 3 is 2.39 bits per heavy atom. The number of anilines is 1. The zero-order chi connectivity index (χ0) is 23.4. The normalized spacial score (nSPS) is 16.7. The molecule has 0 saturated carbocycles. The first-order chi connectivity index (χ1) is 14.2. The predicted molar refractivity (Wildman–Crippen MR) is 107 cm³/mol. The van der Waals surface area contributed by atoms with Gasteiger partial charge in [-0.1, -0.05) is 0 Å². The zero-order valence-corrected chi connectivity index (χ0v) is 18.3. The number of carbonyl (C=O) groups is 2. The highest BCUT2D eigenvalue weighted by molar-refractivity contribution is 7.17. The predicted octanol–water partition coefficient (Wildman–Crippen LogP) is 5.84. The minimum atomic E-state index is -4.94. The Bertz CT molecular complexity index is 1060. The Morgan fingerprint density at radius 2 is 1.81 bits per heavy atom. The highest BCUT2D eigenvalue weighted by Gasteiger charge is 2.49. The standard InChI is InChI=1S/C21H21F4NO4S/c1-6-29-18(28)13-14-15(20(4,5)30-19(14,2)3)31-17(13)26-16(27)11-8-7-10(22)9-12(11)21(23,24)25/h7-9H,6H2,1-5H3,(H,26,27). The van der Waals surface area contributed by atoms with Crippen molar-refractivity contribution in [3.05, 3.63) is 51.1 Å². The average Bonchev–Trinajstić information content (AvgIpc) is 3.08. The second-order valence-electron chi connectivity index (χ2n) is 8.00. The number of halogens is 4. The van der Waals surface area contributed by atoms with E-state index in [-0.39, 0.29) is 23.2 Å². The van der Waals surface area contributed by atoms with Crippen LogP contribution < -0.4 is 5.32 Å². The van der Waals surface area contributed by atoms with Crippen LogP contribution in [0.1, 0.15) is 71.3 Å². The van der Waals surface area contributed by atoms with E-state index >= 15 is 0 Å². The van der Waals surface area contributed by atoms with E-state index in [9.17, 15) is 27.2 Å². The van der Waals surface area contributed by atoms with Crippen molar-refractivity contribution in [1.82, 2.24) is 0 Å². The van der Waals surface area contributed by atoms with Crippen molar-refractivity contribution in [2.45, 2.75) is 52.0 Å². The topological polar surface area (TPSA) is 64.6 Å². The monoisotopic (exact) mass is 459 g/mol. The summed E-state index contributed by atoms with van der Waals surface area (Å²) in [4.78, 5) is 26.1. The fourth-order valence-corrected chi connectivity index (χ4v) is 5.14. The fraction of sp³-hybridized carbons (Fsp3) is 0.429. The molecule has 1 amide bonds. The van der Waals surface area contributed by atoms with Crippen LogP contribution in [0.3, 0.4) is 0 Å². The van der Waals surface area contributed by atoms with Gasteiger partial charge in [0.1, 0.15) is 16.4 Å². The van der Waals surface area contributed by atoms with Crippen molar-refractivity contribution in [3.8, 4) is 0 Å². The Hall–Kier alpha value is -2.46. The van der Waals surface area contributed by atoms with Gasteiger partial charge in [-0.15, -0.1) is 11.3 Å². The first kappa shape index (κ1) is 23.2. The van der Waals surface area contributed by atoms with Crippen molar-refractivity contribution in [1.29, 1.82) is 0 Å². The number of fused-ring (bicyclic) bond motifs is 1. The lowest BCUT2D eigenvalue weighted by molar-refractivity contribution is -0.138. The van der Waals surface area contributed by atoms with Gasteiger partial charge in [0.15, 0.2) is 0 Å². The number of hydrogen-bond acceptors (Lipinski definition) is 5. The van der Waals surface area contributed by atoms with Crippen LogP contribution in [0.5, 0.6) is 0 Å². The molecule has 1 aliphatic heterocycles. The van der Waals surface area contributed by atoms with Crippen molar-refractivity contribution in [2.75, 3.05) is 11.9 Å². The lowest BCUT2D eigenvalue weighted by Crippen LogP contribution is -2.25. The van der Waals surface area contributed by atoms with Gasteiger partial charge in [-0.2, -0.15) is 13.2 Å². The number of alkyl halides is 3. The molecule has 1 N–H and O–H groups in total. The Kier molecular flexibility index (Phi) is 5.69. The molecule has 2 heterocycles. The largest absolute Gasteiger partial charge is 0.462 e. The molecule has 0 unspecified atom stereocenters. The van der Waals surface area contributed by atoms with Gasteiger partial charge in [0.2, 0.25) is 0 Å². The van der Waals surface area contributed by atoms with Gasteiger partial charge < -0.3 is 14.8 Å². The van der Waals surface area contributed by atoms with Crippen LogP contribution in [0.25, 0.3) is 0 Å². The molecular formula is C21H21F4NO4S. The fourth-order valence-electron chi connectivity index (χ4n) is 3.77. The number of carbonyl (C=O) groups excluding carboxylic acids is 2. The van der Waals surface area contributed by atoms with Crippen LogP contribution in [-0.2, 0) is 26.9 Å². The third-order valence-corrected chi connectivity index (χ3v) is 6.22. The van der Waals surface area contributed by atoms with Crippen LogP contribution in [0, 0.1) is 5.82 Å². The van der Waals surface area contributed by atoms with Crippen LogP contribution in [0.4, 0.5) is 22.6 Å². The quantitative estimate of drug-likeness (QED) is 0.461. The minimum absolute atomic E-state index is 0.0430. The number of benzene rings is 1. The Balaban J connectivity index is 2.12. The van der Waals surface area contributed by atoms with Gasteiger partial charge in [-0.05, 0) is 52.8 Å². The van der Waals surface area contributed by atoms with Crippen molar-refractivity contribution in [3.63, 3.8) is 0 Å². The van der Waals surface area contributed by atoms with E-state index in [4.69, 9.17) is 9.47 Å². The molecule has 2 aromatic rings. The molecule has 5 nitrogen and oxygen atoms in total. The summed E-state index contributed by atoms with van der Waals surface area (Å²) < 4.78 is 64.6. The summed E-state index contributed by atoms with van der Waals surface area (Å²) in [5.74, 6) is -2.96. The Morgan fingerprint density at radius 1 is 1.16 bits per heavy atom. The van der Waals surface area contributed by atoms with Gasteiger partial charge in [0, 0.05) is 10.4 Å². The van der Waals surface area contributed by atoms with E-state index in [2.05, 4.69) is 5.32 Å². The third kappa shape index (κ3) is 4.18. The van der Waals surface area contributed by atoms with Gasteiger partial charge in [0.25, 0.3) is 5.91 Å². The summed E-state index contributed by atoms with van der Waals surface area (Å²) in [6.45, 7) is 8.77. The van der Waals surface area contributed by atoms with Crippen molar-refractivity contribution in [2.24, 2.45) is 0 Å². The molecule has 1 aliphatic rings. The number of amides is 1. The number of rotatable bonds is 4. The molecule has 10 heteroatoms. The second-order valence-corrected chi connectivity index (χ2v) is 9.02. The molecule has 0 saturated heterocycles. The first-order valence-electron chi connectivity index (χ1n) is 9.42. The molecular weight excluding hydrogens is 438 g/mol. The van der Waals surface area contributed by atoms with E-state index in [0.29, 0.717) is 10.4 Å². The summed E-state index contributed by atoms with van der Waals surface area (Å²) in [7, 11) is 0. The lowest BCUT2D eigenvalue weighted by atomic mass is 9.94. The van der Waals surface area contributed by atoms with Gasteiger partial charge >= 0.3 is 12.1 Å². The number of esters is 1. The molecule has 0 fully saturated rings. The van der Waals surface area contributed by atoms with Crippen LogP contribution in [0.2, 0.25) is 0 Å². The minimum Gasteiger partial charge on any atom is -0.462 e. The molecule has 0 aliphatic carbocycles. The molecule has 0 atom stereocenters. The molecule has 1 aromatic carbocycles. The summed E-state index contributed by atoms with van der Waals surface area (Å²) >= 11 is 1.04. The SMILES string of the molecule is CCOC(=O)c1c(NC(=O)c2ccc(F)cc2C(F)(F)F)sc2c1C(C)(C)OC2(C)C. The summed E-state index contributed by atoms with van der Waals surface area (Å²) in [5.41, 5.74) is -3.29. The van der Waals surface area contributed by atoms with Gasteiger partial charge in [-0.3, -0.25) is 4.79 Å².